The average molecular weight is 224 g/mol. The van der Waals surface area contributed by atoms with Crippen LogP contribution in [0.1, 0.15) is 25.6 Å². The zero-order valence-electron chi connectivity index (χ0n) is 9.66. The van der Waals surface area contributed by atoms with Gasteiger partial charge in [0.15, 0.2) is 0 Å². The first-order valence-electron chi connectivity index (χ1n) is 5.60. The van der Waals surface area contributed by atoms with Crippen molar-refractivity contribution < 1.29 is 0 Å². The number of nitrogens with zero attached hydrogens (tertiary/aromatic N) is 2. The number of guanidine groups is 1. The van der Waals surface area contributed by atoms with Crippen molar-refractivity contribution >= 4 is 5.96 Å². The highest BCUT2D eigenvalue weighted by molar-refractivity contribution is 5.79. The monoisotopic (exact) mass is 224 g/mol. The minimum atomic E-state index is 0.639. The van der Waals surface area contributed by atoms with Crippen molar-refractivity contribution in [2.45, 2.75) is 26.2 Å². The van der Waals surface area contributed by atoms with Gasteiger partial charge in [0.05, 0.1) is 0 Å². The first kappa shape index (κ1) is 12.5. The first-order chi connectivity index (χ1) is 7.86. The topological polar surface area (TPSA) is 91.1 Å². The summed E-state index contributed by atoms with van der Waals surface area (Å²) in [5, 5.41) is 3.12. The largest absolute Gasteiger partial charge is 0.355 e. The van der Waals surface area contributed by atoms with E-state index in [0.29, 0.717) is 5.96 Å². The summed E-state index contributed by atoms with van der Waals surface area (Å²) < 4.78 is 0. The molecule has 1 heterocycles. The summed E-state index contributed by atoms with van der Waals surface area (Å²) in [6.45, 7) is 3.68. The molecule has 0 aliphatic rings. The number of hydrogen-bond donors (Lipinski definition) is 4. The molecule has 0 saturated carbocycles. The van der Waals surface area contributed by atoms with Crippen LogP contribution in [0, 0.1) is 0 Å². The molecule has 0 radical (unpaired) electrons. The Hall–Kier alpha value is -1.56. The number of hydrogen-bond acceptors (Lipinski definition) is 3. The van der Waals surface area contributed by atoms with Crippen LogP contribution >= 0.6 is 0 Å². The average Bonchev–Trinajstić information content (AvgIpc) is 2.80. The molecule has 0 atom stereocenters. The molecule has 0 spiro atoms. The molecule has 0 fully saturated rings. The molecular weight excluding hydrogens is 204 g/mol. The molecule has 1 aromatic rings. The molecule has 16 heavy (non-hydrogen) atoms. The molecule has 1 rings (SSSR count). The van der Waals surface area contributed by atoms with Gasteiger partial charge in [0.1, 0.15) is 5.82 Å². The molecule has 90 valence electrons. The lowest BCUT2D eigenvalue weighted by atomic mass is 10.3. The Morgan fingerprint density at radius 1 is 1.62 bits per heavy atom. The second-order valence-electron chi connectivity index (χ2n) is 3.44. The van der Waals surface area contributed by atoms with Gasteiger partial charge in [0, 0.05) is 31.9 Å². The molecule has 0 aliphatic carbocycles. The molecule has 0 bridgehead atoms. The van der Waals surface area contributed by atoms with Crippen molar-refractivity contribution in [2.24, 2.45) is 10.8 Å². The normalized spacial score (nSPS) is 11.5. The molecule has 0 aliphatic heterocycles. The van der Waals surface area contributed by atoms with Crippen molar-refractivity contribution in [3.05, 3.63) is 18.2 Å². The van der Waals surface area contributed by atoms with E-state index in [0.717, 1.165) is 38.2 Å². The van der Waals surface area contributed by atoms with Crippen LogP contribution in [0.5, 0.6) is 0 Å². The van der Waals surface area contributed by atoms with Crippen molar-refractivity contribution in [2.75, 3.05) is 13.1 Å². The summed E-state index contributed by atoms with van der Waals surface area (Å²) in [7, 11) is 0. The molecule has 6 heteroatoms. The predicted molar refractivity (Wildman–Crippen MR) is 64.8 cm³/mol. The van der Waals surface area contributed by atoms with E-state index in [-0.39, 0.29) is 0 Å². The number of imidazole rings is 1. The number of aromatic amines is 1. The lowest BCUT2D eigenvalue weighted by molar-refractivity contribution is 0.760. The molecule has 1 aromatic heterocycles. The van der Waals surface area contributed by atoms with E-state index in [2.05, 4.69) is 32.6 Å². The van der Waals surface area contributed by atoms with Crippen LogP contribution in [0.15, 0.2) is 17.4 Å². The second-order valence-corrected chi connectivity index (χ2v) is 3.44. The fourth-order valence-corrected chi connectivity index (χ4v) is 1.24. The SMILES string of the molecule is CCCCN=C(NN)NCCc1ncc[nH]1. The maximum absolute atomic E-state index is 5.35. The Morgan fingerprint density at radius 3 is 3.12 bits per heavy atom. The smallest absolute Gasteiger partial charge is 0.205 e. The van der Waals surface area contributed by atoms with Crippen molar-refractivity contribution in [3.8, 4) is 0 Å². The highest BCUT2D eigenvalue weighted by Gasteiger charge is 1.97. The summed E-state index contributed by atoms with van der Waals surface area (Å²) in [4.78, 5) is 11.5. The van der Waals surface area contributed by atoms with Crippen LogP contribution in [0.25, 0.3) is 0 Å². The van der Waals surface area contributed by atoms with Gasteiger partial charge in [-0.3, -0.25) is 10.4 Å². The molecule has 0 amide bonds. The standard InChI is InChI=1S/C10H20N6/c1-2-3-5-14-10(16-11)15-6-4-9-12-7-8-13-9/h7-8H,2-6,11H2,1H3,(H,12,13)(H2,14,15,16). The van der Waals surface area contributed by atoms with Gasteiger partial charge in [-0.25, -0.2) is 10.8 Å². The lowest BCUT2D eigenvalue weighted by Crippen LogP contribution is -2.42. The molecule has 0 unspecified atom stereocenters. The number of aromatic nitrogens is 2. The van der Waals surface area contributed by atoms with Crippen LogP contribution in [0.4, 0.5) is 0 Å². The van der Waals surface area contributed by atoms with E-state index in [1.165, 1.54) is 0 Å². The summed E-state index contributed by atoms with van der Waals surface area (Å²) in [6.07, 6.45) is 6.58. The number of H-pyrrole nitrogens is 1. The van der Waals surface area contributed by atoms with Gasteiger partial charge >= 0.3 is 0 Å². The van der Waals surface area contributed by atoms with E-state index < -0.39 is 0 Å². The maximum Gasteiger partial charge on any atom is 0.205 e. The van der Waals surface area contributed by atoms with Crippen LogP contribution < -0.4 is 16.6 Å². The Balaban J connectivity index is 2.20. The van der Waals surface area contributed by atoms with Crippen molar-refractivity contribution in [1.82, 2.24) is 20.7 Å². The Kier molecular flexibility index (Phi) is 6.02. The van der Waals surface area contributed by atoms with Gasteiger partial charge < -0.3 is 10.3 Å². The quantitative estimate of drug-likeness (QED) is 0.182. The van der Waals surface area contributed by atoms with Crippen molar-refractivity contribution in [3.63, 3.8) is 0 Å². The van der Waals surface area contributed by atoms with E-state index >= 15 is 0 Å². The van der Waals surface area contributed by atoms with Crippen LogP contribution in [0.2, 0.25) is 0 Å². The van der Waals surface area contributed by atoms with Gasteiger partial charge in [-0.1, -0.05) is 13.3 Å². The molecule has 0 aromatic carbocycles. The first-order valence-corrected chi connectivity index (χ1v) is 5.60. The third kappa shape index (κ3) is 4.79. The predicted octanol–water partition coefficient (Wildman–Crippen LogP) is 0.161. The van der Waals surface area contributed by atoms with Gasteiger partial charge in [-0.05, 0) is 6.42 Å². The summed E-state index contributed by atoms with van der Waals surface area (Å²) in [5.41, 5.74) is 2.55. The maximum atomic E-state index is 5.35. The highest BCUT2D eigenvalue weighted by Crippen LogP contribution is 1.89. The number of unbranched alkanes of at least 4 members (excludes halogenated alkanes) is 1. The van der Waals surface area contributed by atoms with Gasteiger partial charge in [0.2, 0.25) is 5.96 Å². The zero-order valence-corrected chi connectivity index (χ0v) is 9.66. The number of hydrazine groups is 1. The van der Waals surface area contributed by atoms with Crippen LogP contribution in [0.3, 0.4) is 0 Å². The minimum Gasteiger partial charge on any atom is -0.355 e. The van der Waals surface area contributed by atoms with E-state index in [1.807, 2.05) is 6.20 Å². The summed E-state index contributed by atoms with van der Waals surface area (Å²) in [5.74, 6) is 6.94. The van der Waals surface area contributed by atoms with E-state index in [4.69, 9.17) is 5.84 Å². The number of nitrogens with one attached hydrogen (secondary N) is 3. The third-order valence-corrected chi connectivity index (χ3v) is 2.13. The van der Waals surface area contributed by atoms with Gasteiger partial charge in [-0.2, -0.15) is 0 Å². The summed E-state index contributed by atoms with van der Waals surface area (Å²) in [6, 6.07) is 0. The number of rotatable bonds is 6. The van der Waals surface area contributed by atoms with Crippen molar-refractivity contribution in [1.29, 1.82) is 0 Å². The van der Waals surface area contributed by atoms with E-state index in [1.54, 1.807) is 6.20 Å². The Labute approximate surface area is 95.7 Å². The minimum absolute atomic E-state index is 0.639. The summed E-state index contributed by atoms with van der Waals surface area (Å²) >= 11 is 0. The molecule has 6 nitrogen and oxygen atoms in total. The third-order valence-electron chi connectivity index (χ3n) is 2.13. The van der Waals surface area contributed by atoms with E-state index in [9.17, 15) is 0 Å². The molecule has 0 saturated heterocycles. The van der Waals surface area contributed by atoms with Gasteiger partial charge in [-0.15, -0.1) is 0 Å². The lowest BCUT2D eigenvalue weighted by Gasteiger charge is -2.07. The highest BCUT2D eigenvalue weighted by atomic mass is 15.3. The fourth-order valence-electron chi connectivity index (χ4n) is 1.24. The number of nitrogens with two attached hydrogens (primary N) is 1. The van der Waals surface area contributed by atoms with Crippen LogP contribution in [-0.4, -0.2) is 29.0 Å². The Bertz CT molecular complexity index is 292. The fraction of sp³-hybridized carbons (Fsp3) is 0.600. The Morgan fingerprint density at radius 2 is 2.50 bits per heavy atom. The van der Waals surface area contributed by atoms with Crippen LogP contribution in [-0.2, 0) is 6.42 Å². The molecule has 5 N–H and O–H groups in total. The molecular formula is C10H20N6. The second kappa shape index (κ2) is 7.70. The zero-order chi connectivity index (χ0) is 11.6. The number of aliphatic imine (C=N–C) groups is 1. The van der Waals surface area contributed by atoms with Gasteiger partial charge in [0.25, 0.3) is 0 Å².